The smallest absolute Gasteiger partial charge is 0 e. The Bertz CT molecular complexity index is 344. The van der Waals surface area contributed by atoms with Gasteiger partial charge in [-0.25, -0.2) is 0 Å². The summed E-state index contributed by atoms with van der Waals surface area (Å²) in [5.41, 5.74) is 0. The summed E-state index contributed by atoms with van der Waals surface area (Å²) in [5, 5.41) is 0. The molecule has 0 rings (SSSR count). The summed E-state index contributed by atoms with van der Waals surface area (Å²) in [6.07, 6.45) is 0. The monoisotopic (exact) mass is 438 g/mol. The first-order valence-electron chi connectivity index (χ1n) is 2.00. The standard InChI is InChI=1S/3H2O3S2.2V/c3*1-5(2,3)4;;/h3*(H2,1,2,3,4);;/p-6. The molecule has 0 aliphatic heterocycles. The molecule has 17 heteroatoms. The molecule has 0 aromatic carbocycles. The Balaban J connectivity index is -0.0000000400. The molecule has 9 nitrogen and oxygen atoms in total. The summed E-state index contributed by atoms with van der Waals surface area (Å²) in [5.74, 6) is 0. The molecule has 0 saturated carbocycles. The van der Waals surface area contributed by atoms with Crippen molar-refractivity contribution in [3.05, 3.63) is 0 Å². The molecule has 0 aromatic heterocycles. The van der Waals surface area contributed by atoms with Gasteiger partial charge in [0.2, 0.25) is 0 Å². The van der Waals surface area contributed by atoms with Crippen molar-refractivity contribution in [3.63, 3.8) is 0 Å². The van der Waals surface area contributed by atoms with Crippen LogP contribution in [0.2, 0.25) is 0 Å². The summed E-state index contributed by atoms with van der Waals surface area (Å²) in [4.78, 5) is 0. The van der Waals surface area contributed by atoms with E-state index in [1.807, 2.05) is 0 Å². The molecule has 17 heavy (non-hydrogen) atoms. The maximum atomic E-state index is 8.89. The van der Waals surface area contributed by atoms with Crippen LogP contribution in [0.25, 0.3) is 0 Å². The molecule has 0 aliphatic rings. The zero-order valence-corrected chi connectivity index (χ0v) is 14.7. The average Bonchev–Trinajstić information content (AvgIpc) is 1.41. The molecule has 2 radical (unpaired) electrons. The largest absolute Gasteiger partial charge is 0.780 e. The van der Waals surface area contributed by atoms with Gasteiger partial charge in [-0.15, -0.1) is 27.2 Å². The van der Waals surface area contributed by atoms with E-state index >= 15 is 0 Å². The molecule has 0 saturated heterocycles. The summed E-state index contributed by atoms with van der Waals surface area (Å²) >= 11 is 9.73. The van der Waals surface area contributed by atoms with Crippen LogP contribution in [-0.2, 0) is 97.8 Å². The quantitative estimate of drug-likeness (QED) is 0.372. The van der Waals surface area contributed by atoms with Gasteiger partial charge in [0.05, 0.1) is 0 Å². The van der Waals surface area contributed by atoms with Crippen LogP contribution in [0, 0.1) is 0 Å². The first-order valence-corrected chi connectivity index (χ1v) is 9.00. The van der Waals surface area contributed by atoms with Crippen molar-refractivity contribution in [2.75, 3.05) is 0 Å². The van der Waals surface area contributed by atoms with E-state index in [1.165, 1.54) is 0 Å². The molecule has 0 amide bonds. The second kappa shape index (κ2) is 13.0. The van der Waals surface area contributed by atoms with Gasteiger partial charge < -0.3 is 27.3 Å². The first-order chi connectivity index (χ1) is 6.00. The van der Waals surface area contributed by atoms with Crippen LogP contribution in [0.4, 0.5) is 0 Å². The first kappa shape index (κ1) is 31.4. The Morgan fingerprint density at radius 1 is 0.529 bits per heavy atom. The minimum Gasteiger partial charge on any atom is -0.780 e. The topological polar surface area (TPSA) is 190 Å². The summed E-state index contributed by atoms with van der Waals surface area (Å²) in [7, 11) is -13.0. The fourth-order valence-electron chi connectivity index (χ4n) is 0. The molecule has 106 valence electrons. The van der Waals surface area contributed by atoms with E-state index in [9.17, 15) is 0 Å². The van der Waals surface area contributed by atoms with Crippen LogP contribution in [0.5, 0.6) is 0 Å². The zero-order valence-electron chi connectivity index (χ0n) is 7.02. The average molecular weight is 438 g/mol. The van der Waals surface area contributed by atoms with E-state index < -0.39 is 27.2 Å². The molecule has 0 bridgehead atoms. The normalized spacial score (nSPS) is 10.2. The van der Waals surface area contributed by atoms with Gasteiger partial charge >= 0.3 is 0 Å². The van der Waals surface area contributed by atoms with Crippen molar-refractivity contribution in [1.29, 1.82) is 0 Å². The minimum absolute atomic E-state index is 0. The van der Waals surface area contributed by atoms with E-state index in [4.69, 9.17) is 39.9 Å². The molecular weight excluding hydrogens is 438 g/mol. The zero-order chi connectivity index (χ0) is 13.5. The minimum atomic E-state index is -4.33. The van der Waals surface area contributed by atoms with Gasteiger partial charge in [-0.05, 0) is 33.6 Å². The summed E-state index contributed by atoms with van der Waals surface area (Å²) in [6.45, 7) is 0. The van der Waals surface area contributed by atoms with Crippen LogP contribution in [0.1, 0.15) is 0 Å². The van der Waals surface area contributed by atoms with E-state index in [-0.39, 0.29) is 37.1 Å². The molecule has 0 N–H and O–H groups in total. The second-order valence-corrected chi connectivity index (χ2v) is 7.35. The van der Waals surface area contributed by atoms with Gasteiger partial charge in [-0.2, -0.15) is 0 Å². The molecule has 0 heterocycles. The number of hydrogen-bond donors (Lipinski definition) is 0. The predicted octanol–water partition coefficient (Wildman–Crippen LogP) is -3.02. The SMILES string of the molecule is O=S([O-])([O-])=S.O=S([O-])([O-])=S.O=S([O-])([O-])=S.[V].[V]. The molecular formula is O9S6V2-6. The maximum absolute atomic E-state index is 8.89. The third kappa shape index (κ3) is 1120. The van der Waals surface area contributed by atoms with Crippen LogP contribution in [-0.4, -0.2) is 39.9 Å². The Kier molecular flexibility index (Phi) is 24.1. The van der Waals surface area contributed by atoms with Crippen molar-refractivity contribution >= 4 is 60.7 Å². The number of rotatable bonds is 0. The predicted molar refractivity (Wildman–Crippen MR) is 51.2 cm³/mol. The molecule has 0 atom stereocenters. The van der Waals surface area contributed by atoms with Crippen molar-refractivity contribution in [3.8, 4) is 0 Å². The Morgan fingerprint density at radius 2 is 0.529 bits per heavy atom. The van der Waals surface area contributed by atoms with E-state index in [1.54, 1.807) is 0 Å². The van der Waals surface area contributed by atoms with Crippen LogP contribution in [0.15, 0.2) is 0 Å². The summed E-state index contributed by atoms with van der Waals surface area (Å²) in [6, 6.07) is 0. The van der Waals surface area contributed by atoms with Gasteiger partial charge in [0, 0.05) is 37.1 Å². The second-order valence-electron chi connectivity index (χ2n) is 1.22. The fourth-order valence-corrected chi connectivity index (χ4v) is 0. The maximum Gasteiger partial charge on any atom is 0 e. The van der Waals surface area contributed by atoms with Crippen LogP contribution >= 0.6 is 0 Å². The third-order valence-corrected chi connectivity index (χ3v) is 0. The van der Waals surface area contributed by atoms with Gasteiger partial charge in [0.1, 0.15) is 0 Å². The molecule has 0 aromatic rings. The van der Waals surface area contributed by atoms with Gasteiger partial charge in [-0.1, -0.05) is 0 Å². The molecule has 0 unspecified atom stereocenters. The van der Waals surface area contributed by atoms with Gasteiger partial charge in [0.25, 0.3) is 0 Å². The number of hydrogen-bond acceptors (Lipinski definition) is 12. The molecule has 0 fully saturated rings. The van der Waals surface area contributed by atoms with Gasteiger partial charge in [0.15, 0.2) is 0 Å². The Morgan fingerprint density at radius 3 is 0.529 bits per heavy atom. The van der Waals surface area contributed by atoms with Crippen LogP contribution < -0.4 is 0 Å². The molecule has 0 spiro atoms. The van der Waals surface area contributed by atoms with Gasteiger partial charge in [-0.3, -0.25) is 12.6 Å². The fraction of sp³-hybridized carbons (Fsp3) is 0. The van der Waals surface area contributed by atoms with E-state index in [2.05, 4.69) is 33.6 Å². The van der Waals surface area contributed by atoms with E-state index in [0.29, 0.717) is 0 Å². The van der Waals surface area contributed by atoms with Crippen molar-refractivity contribution < 1.29 is 77.1 Å². The third-order valence-electron chi connectivity index (χ3n) is 0. The van der Waals surface area contributed by atoms with Crippen molar-refractivity contribution in [2.45, 2.75) is 0 Å². The summed E-state index contributed by atoms with van der Waals surface area (Å²) < 4.78 is 80.0. The van der Waals surface area contributed by atoms with Crippen LogP contribution in [0.3, 0.4) is 0 Å². The van der Waals surface area contributed by atoms with Crippen molar-refractivity contribution in [1.82, 2.24) is 0 Å². The molecule has 0 aliphatic carbocycles. The Hall–Kier alpha value is 2.04. The van der Waals surface area contributed by atoms with Crippen molar-refractivity contribution in [2.24, 2.45) is 0 Å². The Labute approximate surface area is 136 Å². The van der Waals surface area contributed by atoms with E-state index in [0.717, 1.165) is 0 Å².